The number of likely N-dealkylation sites (N-methyl/N-ethyl adjacent to an activating group) is 1. The molecule has 3 rings (SSSR count). The van der Waals surface area contributed by atoms with Crippen LogP contribution in [0.5, 0.6) is 0 Å². The lowest BCUT2D eigenvalue weighted by Crippen LogP contribution is -2.34. The molecule has 2 heterocycles. The van der Waals surface area contributed by atoms with Crippen molar-refractivity contribution >= 4 is 29.1 Å². The van der Waals surface area contributed by atoms with E-state index in [-0.39, 0.29) is 18.4 Å². The van der Waals surface area contributed by atoms with Crippen LogP contribution in [0.15, 0.2) is 51.6 Å². The number of amides is 1. The topological polar surface area (TPSA) is 71.5 Å². The number of hydrogen-bond acceptors (Lipinski definition) is 5. The van der Waals surface area contributed by atoms with Gasteiger partial charge in [0.25, 0.3) is 0 Å². The first-order chi connectivity index (χ1) is 13.4. The van der Waals surface area contributed by atoms with Gasteiger partial charge in [-0.15, -0.1) is 0 Å². The number of carbonyl (C=O) groups excluding carboxylic acids is 1. The van der Waals surface area contributed by atoms with Crippen molar-refractivity contribution in [3.05, 3.63) is 64.5 Å². The summed E-state index contributed by atoms with van der Waals surface area (Å²) in [6.07, 6.45) is 3.89. The Morgan fingerprint density at radius 3 is 2.79 bits per heavy atom. The van der Waals surface area contributed by atoms with Gasteiger partial charge in [0.05, 0.1) is 23.5 Å². The molecule has 6 nitrogen and oxygen atoms in total. The first-order valence-corrected chi connectivity index (χ1v) is 9.56. The van der Waals surface area contributed by atoms with Crippen molar-refractivity contribution in [2.75, 3.05) is 20.6 Å². The van der Waals surface area contributed by atoms with Crippen molar-refractivity contribution in [3.8, 4) is 11.3 Å². The van der Waals surface area contributed by atoms with Gasteiger partial charge in [0.15, 0.2) is 11.7 Å². The number of nitrogens with one attached hydrogen (secondary N) is 1. The Morgan fingerprint density at radius 1 is 1.29 bits per heavy atom. The molecule has 1 amide bonds. The molecule has 2 aromatic heterocycles. The molecule has 28 heavy (non-hydrogen) atoms. The van der Waals surface area contributed by atoms with Gasteiger partial charge in [0.2, 0.25) is 5.91 Å². The molecule has 8 heteroatoms. The molecule has 1 atom stereocenters. The highest BCUT2D eigenvalue weighted by Gasteiger charge is 2.18. The fourth-order valence-electron chi connectivity index (χ4n) is 2.78. The predicted octanol–water partition coefficient (Wildman–Crippen LogP) is 4.59. The number of rotatable bonds is 8. The summed E-state index contributed by atoms with van der Waals surface area (Å²) in [6.45, 7) is 0.455. The van der Waals surface area contributed by atoms with Crippen LogP contribution in [0.4, 0.5) is 0 Å². The van der Waals surface area contributed by atoms with Crippen molar-refractivity contribution in [3.63, 3.8) is 0 Å². The summed E-state index contributed by atoms with van der Waals surface area (Å²) >= 11 is 12.1. The first-order valence-electron chi connectivity index (χ1n) is 8.80. The second kappa shape index (κ2) is 9.28. The van der Waals surface area contributed by atoms with E-state index in [0.717, 1.165) is 5.76 Å². The lowest BCUT2D eigenvalue weighted by atomic mass is 10.2. The van der Waals surface area contributed by atoms with E-state index in [2.05, 4.69) is 10.3 Å². The fraction of sp³-hybridized carbons (Fsp3) is 0.300. The molecule has 0 saturated carbocycles. The number of nitrogens with zero attached hydrogens (tertiary/aromatic N) is 2. The maximum Gasteiger partial charge on any atom is 0.220 e. The van der Waals surface area contributed by atoms with Gasteiger partial charge in [-0.2, -0.15) is 0 Å². The van der Waals surface area contributed by atoms with Gasteiger partial charge < -0.3 is 14.2 Å². The smallest absolute Gasteiger partial charge is 0.220 e. The highest BCUT2D eigenvalue weighted by Crippen LogP contribution is 2.30. The molecular formula is C20H21Cl2N3O3. The predicted molar refractivity (Wildman–Crippen MR) is 108 cm³/mol. The molecule has 0 aliphatic heterocycles. The summed E-state index contributed by atoms with van der Waals surface area (Å²) in [4.78, 5) is 18.4. The molecule has 0 bridgehead atoms. The monoisotopic (exact) mass is 421 g/mol. The van der Waals surface area contributed by atoms with Gasteiger partial charge in [0.1, 0.15) is 5.76 Å². The SMILES string of the molecule is CN(C)C(CNC(=O)CCc1ncc(-c2ccc(Cl)cc2Cl)o1)c1ccco1. The number of aromatic nitrogens is 1. The van der Waals surface area contributed by atoms with E-state index in [4.69, 9.17) is 32.0 Å². The molecular weight excluding hydrogens is 401 g/mol. The summed E-state index contributed by atoms with van der Waals surface area (Å²) in [6, 6.07) is 8.86. The van der Waals surface area contributed by atoms with Gasteiger partial charge >= 0.3 is 0 Å². The Bertz CT molecular complexity index is 923. The molecule has 3 aromatic rings. The number of carbonyl (C=O) groups is 1. The highest BCUT2D eigenvalue weighted by atomic mass is 35.5. The Kier molecular flexibility index (Phi) is 6.78. The van der Waals surface area contributed by atoms with Crippen LogP contribution in [-0.2, 0) is 11.2 Å². The average Bonchev–Trinajstić information content (AvgIpc) is 3.32. The number of hydrogen-bond donors (Lipinski definition) is 1. The van der Waals surface area contributed by atoms with Gasteiger partial charge in [-0.25, -0.2) is 4.98 Å². The van der Waals surface area contributed by atoms with Crippen molar-refractivity contribution in [2.45, 2.75) is 18.9 Å². The Balaban J connectivity index is 1.53. The fourth-order valence-corrected chi connectivity index (χ4v) is 3.28. The summed E-state index contributed by atoms with van der Waals surface area (Å²) < 4.78 is 11.2. The van der Waals surface area contributed by atoms with E-state index in [1.807, 2.05) is 31.1 Å². The van der Waals surface area contributed by atoms with Crippen molar-refractivity contribution < 1.29 is 13.6 Å². The lowest BCUT2D eigenvalue weighted by molar-refractivity contribution is -0.121. The van der Waals surface area contributed by atoms with Crippen LogP contribution in [0.1, 0.15) is 24.1 Å². The molecule has 0 aliphatic carbocycles. The standard InChI is InChI=1S/C20H21Cl2N3O3/c1-25(2)16(17-4-3-9-27-17)11-23-19(26)7-8-20-24-12-18(28-20)14-6-5-13(21)10-15(14)22/h3-6,9-10,12,16H,7-8,11H2,1-2H3,(H,23,26). The van der Waals surface area contributed by atoms with Crippen LogP contribution < -0.4 is 5.32 Å². The van der Waals surface area contributed by atoms with Gasteiger partial charge in [-0.3, -0.25) is 9.69 Å². The maximum atomic E-state index is 12.2. The highest BCUT2D eigenvalue weighted by molar-refractivity contribution is 6.36. The number of halogens is 2. The minimum absolute atomic E-state index is 0.0284. The van der Waals surface area contributed by atoms with Gasteiger partial charge in [-0.1, -0.05) is 23.2 Å². The minimum Gasteiger partial charge on any atom is -0.468 e. The van der Waals surface area contributed by atoms with Crippen molar-refractivity contribution in [1.29, 1.82) is 0 Å². The lowest BCUT2D eigenvalue weighted by Gasteiger charge is -2.22. The molecule has 1 unspecified atom stereocenters. The van der Waals surface area contributed by atoms with Crippen LogP contribution in [0.25, 0.3) is 11.3 Å². The van der Waals surface area contributed by atoms with Crippen LogP contribution in [0.2, 0.25) is 10.0 Å². The Morgan fingerprint density at radius 2 is 2.11 bits per heavy atom. The van der Waals surface area contributed by atoms with E-state index in [1.54, 1.807) is 30.7 Å². The number of benzene rings is 1. The Labute approximate surface area is 173 Å². The second-order valence-electron chi connectivity index (χ2n) is 6.54. The number of aryl methyl sites for hydroxylation is 1. The minimum atomic E-state index is -0.0809. The molecule has 0 saturated heterocycles. The molecule has 1 aromatic carbocycles. The zero-order valence-electron chi connectivity index (χ0n) is 15.6. The summed E-state index contributed by atoms with van der Waals surface area (Å²) in [7, 11) is 3.88. The molecule has 148 valence electrons. The Hall–Kier alpha value is -2.28. The zero-order valence-corrected chi connectivity index (χ0v) is 17.1. The van der Waals surface area contributed by atoms with Gasteiger partial charge in [0, 0.05) is 30.0 Å². The third-order valence-corrected chi connectivity index (χ3v) is 4.85. The van der Waals surface area contributed by atoms with E-state index in [1.165, 1.54) is 0 Å². The quantitative estimate of drug-likeness (QED) is 0.575. The van der Waals surface area contributed by atoms with Crippen LogP contribution in [-0.4, -0.2) is 36.4 Å². The number of oxazole rings is 1. The third kappa shape index (κ3) is 5.16. The zero-order chi connectivity index (χ0) is 20.1. The second-order valence-corrected chi connectivity index (χ2v) is 7.38. The first kappa shape index (κ1) is 20.5. The summed E-state index contributed by atoms with van der Waals surface area (Å²) in [5, 5.41) is 3.97. The van der Waals surface area contributed by atoms with Crippen molar-refractivity contribution in [2.24, 2.45) is 0 Å². The molecule has 1 N–H and O–H groups in total. The molecule has 0 aliphatic rings. The van der Waals surface area contributed by atoms with E-state index < -0.39 is 0 Å². The van der Waals surface area contributed by atoms with Crippen LogP contribution in [0.3, 0.4) is 0 Å². The number of furan rings is 1. The largest absolute Gasteiger partial charge is 0.468 e. The van der Waals surface area contributed by atoms with E-state index in [9.17, 15) is 4.79 Å². The van der Waals surface area contributed by atoms with Crippen LogP contribution >= 0.6 is 23.2 Å². The average molecular weight is 422 g/mol. The van der Waals surface area contributed by atoms with Gasteiger partial charge in [-0.05, 0) is 44.4 Å². The third-order valence-electron chi connectivity index (χ3n) is 4.30. The molecule has 0 fully saturated rings. The van der Waals surface area contributed by atoms with E-state index >= 15 is 0 Å². The maximum absolute atomic E-state index is 12.2. The summed E-state index contributed by atoms with van der Waals surface area (Å²) in [5.74, 6) is 1.75. The normalized spacial score (nSPS) is 12.3. The molecule has 0 radical (unpaired) electrons. The van der Waals surface area contributed by atoms with E-state index in [0.29, 0.717) is 40.2 Å². The summed E-state index contributed by atoms with van der Waals surface area (Å²) in [5.41, 5.74) is 0.710. The molecule has 0 spiro atoms. The van der Waals surface area contributed by atoms with Crippen molar-refractivity contribution in [1.82, 2.24) is 15.2 Å². The van der Waals surface area contributed by atoms with Crippen LogP contribution in [0, 0.1) is 0 Å².